The third-order valence-corrected chi connectivity index (χ3v) is 2.86. The van der Waals surface area contributed by atoms with Crippen LogP contribution in [-0.4, -0.2) is 12.3 Å². The number of hydrogen-bond donors (Lipinski definition) is 0. The van der Waals surface area contributed by atoms with Gasteiger partial charge >= 0.3 is 6.16 Å². The molecule has 0 bridgehead atoms. The van der Waals surface area contributed by atoms with Gasteiger partial charge < -0.3 is 9.47 Å². The van der Waals surface area contributed by atoms with Crippen LogP contribution in [0.5, 0.6) is 0 Å². The first-order valence-corrected chi connectivity index (χ1v) is 5.76. The highest BCUT2D eigenvalue weighted by Crippen LogP contribution is 2.33. The Morgan fingerprint density at radius 3 is 2.50 bits per heavy atom. The summed E-state index contributed by atoms with van der Waals surface area (Å²) in [5, 5.41) is 0. The van der Waals surface area contributed by atoms with Crippen LogP contribution < -0.4 is 0 Å². The molecule has 1 heterocycles. The van der Waals surface area contributed by atoms with E-state index in [4.69, 9.17) is 9.47 Å². The summed E-state index contributed by atoms with van der Waals surface area (Å²) in [4.78, 5) is 11.2. The standard InChI is InChI=1S/C10H15IO3/c1-5(2)8-6(3)9(7(4)11)14-10(12)13-8/h5-6,8H,1-4H3/b9-7+/t6-,8-/m0/s1. The third-order valence-electron chi connectivity index (χ3n) is 2.33. The molecule has 1 aliphatic heterocycles. The van der Waals surface area contributed by atoms with Crippen molar-refractivity contribution >= 4 is 28.7 Å². The van der Waals surface area contributed by atoms with E-state index in [1.165, 1.54) is 0 Å². The molecule has 0 unspecified atom stereocenters. The largest absolute Gasteiger partial charge is 0.513 e. The van der Waals surface area contributed by atoms with Crippen LogP contribution in [0.3, 0.4) is 0 Å². The van der Waals surface area contributed by atoms with E-state index in [-0.39, 0.29) is 12.0 Å². The Kier molecular flexibility index (Phi) is 3.80. The van der Waals surface area contributed by atoms with E-state index in [2.05, 4.69) is 22.6 Å². The second-order valence-corrected chi connectivity index (χ2v) is 5.48. The molecule has 0 saturated carbocycles. The highest BCUT2D eigenvalue weighted by atomic mass is 127. The molecular weight excluding hydrogens is 295 g/mol. The Balaban J connectivity index is 2.93. The van der Waals surface area contributed by atoms with E-state index < -0.39 is 6.16 Å². The Morgan fingerprint density at radius 1 is 1.50 bits per heavy atom. The van der Waals surface area contributed by atoms with Crippen molar-refractivity contribution in [3.8, 4) is 0 Å². The van der Waals surface area contributed by atoms with Crippen LogP contribution in [0.2, 0.25) is 0 Å². The number of carbonyl (C=O) groups excluding carboxylic acids is 1. The van der Waals surface area contributed by atoms with Gasteiger partial charge in [0.1, 0.15) is 11.9 Å². The van der Waals surface area contributed by atoms with Gasteiger partial charge in [0.05, 0.1) is 5.92 Å². The average Bonchev–Trinajstić information content (AvgIpc) is 2.07. The summed E-state index contributed by atoms with van der Waals surface area (Å²) in [7, 11) is 0. The minimum Gasteiger partial charge on any atom is -0.430 e. The first-order chi connectivity index (χ1) is 6.43. The average molecular weight is 310 g/mol. The first-order valence-electron chi connectivity index (χ1n) is 4.68. The summed E-state index contributed by atoms with van der Waals surface area (Å²) >= 11 is 2.17. The molecule has 0 aromatic rings. The van der Waals surface area contributed by atoms with Crippen LogP contribution in [-0.2, 0) is 9.47 Å². The van der Waals surface area contributed by atoms with Gasteiger partial charge in [0.25, 0.3) is 0 Å². The van der Waals surface area contributed by atoms with Gasteiger partial charge in [-0.25, -0.2) is 4.79 Å². The maximum Gasteiger partial charge on any atom is 0.513 e. The normalized spacial score (nSPS) is 31.1. The maximum absolute atomic E-state index is 11.2. The number of rotatable bonds is 1. The van der Waals surface area contributed by atoms with Gasteiger partial charge in [-0.1, -0.05) is 20.8 Å². The fourth-order valence-corrected chi connectivity index (χ4v) is 2.27. The van der Waals surface area contributed by atoms with Crippen LogP contribution in [0.15, 0.2) is 9.34 Å². The zero-order valence-corrected chi connectivity index (χ0v) is 11.0. The molecule has 1 fully saturated rings. The molecule has 0 amide bonds. The second kappa shape index (κ2) is 4.51. The monoisotopic (exact) mass is 310 g/mol. The number of carbonyl (C=O) groups is 1. The van der Waals surface area contributed by atoms with Gasteiger partial charge in [-0.05, 0) is 35.4 Å². The minimum absolute atomic E-state index is 0.0732. The molecule has 0 N–H and O–H groups in total. The van der Waals surface area contributed by atoms with Crippen molar-refractivity contribution in [1.82, 2.24) is 0 Å². The van der Waals surface area contributed by atoms with Crippen molar-refractivity contribution in [3.63, 3.8) is 0 Å². The number of ether oxygens (including phenoxy) is 2. The Labute approximate surface area is 98.0 Å². The predicted octanol–water partition coefficient (Wildman–Crippen LogP) is 3.48. The molecule has 0 aliphatic carbocycles. The molecule has 3 nitrogen and oxygen atoms in total. The molecule has 1 aliphatic rings. The number of allylic oxidation sites excluding steroid dienone is 1. The molecule has 0 radical (unpaired) electrons. The van der Waals surface area contributed by atoms with Crippen molar-refractivity contribution in [3.05, 3.63) is 9.34 Å². The van der Waals surface area contributed by atoms with Crippen molar-refractivity contribution in [2.45, 2.75) is 33.8 Å². The van der Waals surface area contributed by atoms with E-state index in [0.29, 0.717) is 5.92 Å². The van der Waals surface area contributed by atoms with Gasteiger partial charge in [0.2, 0.25) is 0 Å². The molecular formula is C10H15IO3. The SMILES string of the molecule is C/C(I)=C1\OC(=O)O[C@@H](C(C)C)[C@@H]1C. The summed E-state index contributed by atoms with van der Waals surface area (Å²) in [6, 6.07) is 0. The van der Waals surface area contributed by atoms with E-state index in [1.54, 1.807) is 0 Å². The van der Waals surface area contributed by atoms with Gasteiger partial charge in [-0.2, -0.15) is 0 Å². The van der Waals surface area contributed by atoms with E-state index in [1.807, 2.05) is 27.7 Å². The van der Waals surface area contributed by atoms with Crippen LogP contribution in [0.4, 0.5) is 4.79 Å². The smallest absolute Gasteiger partial charge is 0.430 e. The number of cyclic esters (lactones) is 2. The lowest BCUT2D eigenvalue weighted by Crippen LogP contribution is -2.37. The molecule has 0 aromatic heterocycles. The maximum atomic E-state index is 11.2. The lowest BCUT2D eigenvalue weighted by molar-refractivity contribution is -0.0404. The number of halogens is 1. The highest BCUT2D eigenvalue weighted by molar-refractivity contribution is 14.1. The van der Waals surface area contributed by atoms with E-state index in [0.717, 1.165) is 9.34 Å². The lowest BCUT2D eigenvalue weighted by atomic mass is 9.92. The van der Waals surface area contributed by atoms with Crippen LogP contribution in [0, 0.1) is 11.8 Å². The van der Waals surface area contributed by atoms with Crippen molar-refractivity contribution in [2.24, 2.45) is 11.8 Å². The molecule has 0 spiro atoms. The summed E-state index contributed by atoms with van der Waals surface area (Å²) in [5.41, 5.74) is 0. The Bertz CT molecular complexity index is 267. The topological polar surface area (TPSA) is 35.5 Å². The second-order valence-electron chi connectivity index (χ2n) is 3.86. The first kappa shape index (κ1) is 11.8. The Morgan fingerprint density at radius 2 is 2.07 bits per heavy atom. The molecule has 14 heavy (non-hydrogen) atoms. The van der Waals surface area contributed by atoms with Gasteiger partial charge in [-0.3, -0.25) is 0 Å². The fraction of sp³-hybridized carbons (Fsp3) is 0.700. The van der Waals surface area contributed by atoms with Crippen LogP contribution in [0.25, 0.3) is 0 Å². The van der Waals surface area contributed by atoms with Crippen molar-refractivity contribution in [1.29, 1.82) is 0 Å². The summed E-state index contributed by atoms with van der Waals surface area (Å²) in [6.45, 7) is 8.04. The third kappa shape index (κ3) is 2.40. The quantitative estimate of drug-likeness (QED) is 0.549. The molecule has 4 heteroatoms. The predicted molar refractivity (Wildman–Crippen MR) is 62.1 cm³/mol. The van der Waals surface area contributed by atoms with Gasteiger partial charge in [0.15, 0.2) is 0 Å². The summed E-state index contributed by atoms with van der Waals surface area (Å²) in [6.07, 6.45) is -0.649. The van der Waals surface area contributed by atoms with Gasteiger partial charge in [0, 0.05) is 3.58 Å². The molecule has 80 valence electrons. The van der Waals surface area contributed by atoms with Crippen LogP contribution in [0.1, 0.15) is 27.7 Å². The van der Waals surface area contributed by atoms with Gasteiger partial charge in [-0.15, -0.1) is 0 Å². The molecule has 0 aromatic carbocycles. The van der Waals surface area contributed by atoms with E-state index >= 15 is 0 Å². The van der Waals surface area contributed by atoms with Crippen LogP contribution >= 0.6 is 22.6 Å². The zero-order valence-electron chi connectivity index (χ0n) is 8.83. The zero-order chi connectivity index (χ0) is 10.9. The van der Waals surface area contributed by atoms with E-state index in [9.17, 15) is 4.79 Å². The molecule has 1 saturated heterocycles. The number of hydrogen-bond acceptors (Lipinski definition) is 3. The van der Waals surface area contributed by atoms with Crippen molar-refractivity contribution in [2.75, 3.05) is 0 Å². The summed E-state index contributed by atoms with van der Waals surface area (Å²) in [5.74, 6) is 1.20. The molecule has 1 rings (SSSR count). The van der Waals surface area contributed by atoms with Crippen molar-refractivity contribution < 1.29 is 14.3 Å². The molecule has 2 atom stereocenters. The Hall–Kier alpha value is -0.260. The lowest BCUT2D eigenvalue weighted by Gasteiger charge is -2.33. The minimum atomic E-state index is -0.576. The highest BCUT2D eigenvalue weighted by Gasteiger charge is 2.36. The fourth-order valence-electron chi connectivity index (χ4n) is 1.67. The summed E-state index contributed by atoms with van der Waals surface area (Å²) < 4.78 is 11.2.